The fourth-order valence-corrected chi connectivity index (χ4v) is 4.04. The minimum atomic E-state index is -1.14. The summed E-state index contributed by atoms with van der Waals surface area (Å²) in [7, 11) is 0. The predicted molar refractivity (Wildman–Crippen MR) is 127 cm³/mol. The highest BCUT2D eigenvalue weighted by Crippen LogP contribution is 2.29. The highest BCUT2D eigenvalue weighted by atomic mass is 16.2. The average molecular weight is 467 g/mol. The number of hydrogen-bond acceptors (Lipinski definition) is 6. The molecule has 1 aliphatic carbocycles. The molecule has 0 radical (unpaired) electrons. The van der Waals surface area contributed by atoms with Crippen LogP contribution in [-0.4, -0.2) is 47.3 Å². The molecule has 8 N–H and O–H groups in total. The zero-order chi connectivity index (χ0) is 25.2. The molecule has 1 atom stereocenters. The summed E-state index contributed by atoms with van der Waals surface area (Å²) in [4.78, 5) is 51.1. The molecule has 1 saturated carbocycles. The number of nitrogens with two attached hydrogens (primary N) is 2. The second-order valence-corrected chi connectivity index (χ2v) is 9.20. The van der Waals surface area contributed by atoms with Crippen LogP contribution in [0.5, 0.6) is 0 Å². The molecular weight excluding hydrogens is 424 g/mol. The molecule has 0 spiro atoms. The second-order valence-electron chi connectivity index (χ2n) is 9.20. The topological polar surface area (TPSA) is 168 Å². The monoisotopic (exact) mass is 466 g/mol. The summed E-state index contributed by atoms with van der Waals surface area (Å²) in [6, 6.07) is -0.907. The molecule has 10 nitrogen and oxygen atoms in total. The molecule has 0 aromatic carbocycles. The average Bonchev–Trinajstić information content (AvgIpc) is 3.23. The Balaban J connectivity index is 3.07. The van der Waals surface area contributed by atoms with Crippen LogP contribution in [0.15, 0.2) is 12.4 Å². The van der Waals surface area contributed by atoms with Gasteiger partial charge in [-0.3, -0.25) is 19.2 Å². The number of carbonyl (C=O) groups is 4. The fourth-order valence-electron chi connectivity index (χ4n) is 4.04. The number of carbonyl (C=O) groups excluding carboxylic acids is 4. The summed E-state index contributed by atoms with van der Waals surface area (Å²) in [5, 5.41) is 11.4. The first-order chi connectivity index (χ1) is 15.4. The fraction of sp³-hybridized carbons (Fsp3) is 0.739. The van der Waals surface area contributed by atoms with Crippen molar-refractivity contribution in [3.8, 4) is 0 Å². The van der Waals surface area contributed by atoms with Gasteiger partial charge in [0, 0.05) is 12.5 Å². The summed E-state index contributed by atoms with van der Waals surface area (Å²) in [5.41, 5.74) is 8.90. The summed E-state index contributed by atoms with van der Waals surface area (Å²) in [6.45, 7) is 11.2. The van der Waals surface area contributed by atoms with E-state index < -0.39 is 34.8 Å². The second kappa shape index (κ2) is 12.5. The maximum atomic E-state index is 13.3. The first kappa shape index (κ1) is 28.3. The molecule has 0 bridgehead atoms. The molecule has 1 fully saturated rings. The lowest BCUT2D eigenvalue weighted by atomic mass is 9.90. The van der Waals surface area contributed by atoms with Crippen LogP contribution >= 0.6 is 0 Å². The lowest BCUT2D eigenvalue weighted by molar-refractivity contribution is -0.138. The largest absolute Gasteiger partial charge is 0.386 e. The van der Waals surface area contributed by atoms with Crippen molar-refractivity contribution < 1.29 is 19.2 Å². The third-order valence-corrected chi connectivity index (χ3v) is 6.46. The normalized spacial score (nSPS) is 16.0. The highest BCUT2D eigenvalue weighted by molar-refractivity contribution is 5.97. The van der Waals surface area contributed by atoms with E-state index in [0.717, 1.165) is 12.8 Å². The van der Waals surface area contributed by atoms with Gasteiger partial charge in [0.2, 0.25) is 23.6 Å². The van der Waals surface area contributed by atoms with Crippen molar-refractivity contribution in [2.24, 2.45) is 17.4 Å². The van der Waals surface area contributed by atoms with Gasteiger partial charge in [0.05, 0.1) is 5.82 Å². The maximum absolute atomic E-state index is 13.3. The molecule has 10 heteroatoms. The van der Waals surface area contributed by atoms with Crippen LogP contribution in [0.4, 0.5) is 0 Å². The van der Waals surface area contributed by atoms with E-state index in [0.29, 0.717) is 50.9 Å². The van der Waals surface area contributed by atoms with Crippen molar-refractivity contribution in [1.82, 2.24) is 21.3 Å². The van der Waals surface area contributed by atoms with Gasteiger partial charge in [-0.1, -0.05) is 47.1 Å². The third-order valence-electron chi connectivity index (χ3n) is 6.46. The molecule has 0 aromatic heterocycles. The molecule has 0 saturated heterocycles. The number of hydrogen-bond donors (Lipinski definition) is 6. The Kier molecular flexibility index (Phi) is 10.7. The van der Waals surface area contributed by atoms with Crippen molar-refractivity contribution in [2.75, 3.05) is 6.54 Å². The van der Waals surface area contributed by atoms with Crippen LogP contribution in [0.2, 0.25) is 0 Å². The Morgan fingerprint density at radius 3 is 2.06 bits per heavy atom. The van der Waals surface area contributed by atoms with E-state index in [4.69, 9.17) is 11.5 Å². The minimum Gasteiger partial charge on any atom is -0.386 e. The summed E-state index contributed by atoms with van der Waals surface area (Å²) < 4.78 is 0. The Hall–Kier alpha value is -2.78. The Bertz CT molecular complexity index is 726. The van der Waals surface area contributed by atoms with E-state index in [-0.39, 0.29) is 11.8 Å². The minimum absolute atomic E-state index is 0.237. The maximum Gasteiger partial charge on any atom is 0.246 e. The summed E-state index contributed by atoms with van der Waals surface area (Å²) >= 11 is 0. The predicted octanol–water partition coefficient (Wildman–Crippen LogP) is 0.516. The Morgan fingerprint density at radius 2 is 1.61 bits per heavy atom. The number of rotatable bonds is 14. The van der Waals surface area contributed by atoms with E-state index in [1.165, 1.54) is 0 Å². The van der Waals surface area contributed by atoms with Crippen molar-refractivity contribution in [1.29, 1.82) is 0 Å². The summed E-state index contributed by atoms with van der Waals surface area (Å²) in [5.74, 6) is -1.68. The van der Waals surface area contributed by atoms with E-state index in [1.54, 1.807) is 13.8 Å². The molecule has 33 heavy (non-hydrogen) atoms. The van der Waals surface area contributed by atoms with Gasteiger partial charge in [-0.25, -0.2) is 0 Å². The molecular formula is C23H42N6O4. The smallest absolute Gasteiger partial charge is 0.246 e. The molecule has 0 aromatic rings. The van der Waals surface area contributed by atoms with Crippen LogP contribution in [0.1, 0.15) is 79.1 Å². The zero-order valence-corrected chi connectivity index (χ0v) is 20.5. The van der Waals surface area contributed by atoms with Gasteiger partial charge < -0.3 is 32.7 Å². The highest BCUT2D eigenvalue weighted by Gasteiger charge is 2.43. The molecule has 0 aliphatic heterocycles. The lowest BCUT2D eigenvalue weighted by Gasteiger charge is -2.35. The van der Waals surface area contributed by atoms with Crippen LogP contribution < -0.4 is 32.7 Å². The van der Waals surface area contributed by atoms with Crippen molar-refractivity contribution >= 4 is 23.6 Å². The number of nitrogens with one attached hydrogen (secondary N) is 4. The van der Waals surface area contributed by atoms with E-state index >= 15 is 0 Å². The van der Waals surface area contributed by atoms with Crippen molar-refractivity contribution in [3.63, 3.8) is 0 Å². The standard InChI is InChI=1S/C23H42N6O4/c1-6-22(7-2,28-18(30)15(3)4)21(33)27-17(11-10-14-26-16(5)24)19(31)29-23(20(25)32)12-8-9-13-23/h15,17,26H,5-14,24H2,1-4H3,(H2,25,32)(H,27,33)(H,28,30)(H,29,31)/t17-/m1/s1. The van der Waals surface area contributed by atoms with Gasteiger partial charge in [0.25, 0.3) is 0 Å². The van der Waals surface area contributed by atoms with Gasteiger partial charge in [-0.05, 0) is 38.5 Å². The lowest BCUT2D eigenvalue weighted by Crippen LogP contribution is -2.64. The third kappa shape index (κ3) is 7.64. The van der Waals surface area contributed by atoms with Crippen LogP contribution in [-0.2, 0) is 19.2 Å². The summed E-state index contributed by atoms with van der Waals surface area (Å²) in [6.07, 6.45) is 4.07. The number of primary amides is 1. The van der Waals surface area contributed by atoms with Crippen LogP contribution in [0.3, 0.4) is 0 Å². The molecule has 0 unspecified atom stereocenters. The van der Waals surface area contributed by atoms with Crippen LogP contribution in [0.25, 0.3) is 0 Å². The van der Waals surface area contributed by atoms with Crippen molar-refractivity contribution in [3.05, 3.63) is 12.4 Å². The van der Waals surface area contributed by atoms with Gasteiger partial charge in [0.1, 0.15) is 17.1 Å². The van der Waals surface area contributed by atoms with Crippen molar-refractivity contribution in [2.45, 2.75) is 96.2 Å². The first-order valence-corrected chi connectivity index (χ1v) is 11.9. The van der Waals surface area contributed by atoms with E-state index in [1.807, 2.05) is 13.8 Å². The Labute approximate surface area is 197 Å². The Morgan fingerprint density at radius 1 is 1.03 bits per heavy atom. The van der Waals surface area contributed by atoms with Gasteiger partial charge >= 0.3 is 0 Å². The first-order valence-electron chi connectivity index (χ1n) is 11.9. The van der Waals surface area contributed by atoms with Gasteiger partial charge in [-0.2, -0.15) is 0 Å². The van der Waals surface area contributed by atoms with E-state index in [2.05, 4.69) is 27.8 Å². The van der Waals surface area contributed by atoms with Gasteiger partial charge in [0.15, 0.2) is 0 Å². The van der Waals surface area contributed by atoms with Gasteiger partial charge in [-0.15, -0.1) is 0 Å². The number of amides is 4. The quantitative estimate of drug-likeness (QED) is 0.204. The molecule has 1 aliphatic rings. The molecule has 188 valence electrons. The molecule has 4 amide bonds. The zero-order valence-electron chi connectivity index (χ0n) is 20.5. The molecule has 1 rings (SSSR count). The molecule has 0 heterocycles. The van der Waals surface area contributed by atoms with Crippen LogP contribution in [0, 0.1) is 5.92 Å². The SMILES string of the molecule is C=C(N)NCCC[C@@H](NC(=O)C(CC)(CC)NC(=O)C(C)C)C(=O)NC1(C(N)=O)CCCC1. The van der Waals surface area contributed by atoms with E-state index in [9.17, 15) is 19.2 Å².